The lowest BCUT2D eigenvalue weighted by Gasteiger charge is -2.08. The molecule has 0 aliphatic rings. The molecule has 32 heavy (non-hydrogen) atoms. The van der Waals surface area contributed by atoms with E-state index in [1.54, 1.807) is 55.1 Å². The highest BCUT2D eigenvalue weighted by atomic mass is 16.5. The molecule has 0 saturated carbocycles. The van der Waals surface area contributed by atoms with Gasteiger partial charge in [0.05, 0.1) is 16.9 Å². The average Bonchev–Trinajstić information content (AvgIpc) is 2.84. The summed E-state index contributed by atoms with van der Waals surface area (Å²) in [4.78, 5) is 20.4. The number of rotatable bonds is 7. The Bertz CT molecular complexity index is 1210. The molecule has 2 aromatic carbocycles. The van der Waals surface area contributed by atoms with Crippen LogP contribution in [0.25, 0.3) is 0 Å². The third-order valence-electron chi connectivity index (χ3n) is 4.65. The standard InChI is InChI=1S/C25H20N4O3/c1-18-23(25(30)32-22-11-15-27-16-12-22)3-2-4-24(18)29-28-20-5-7-21(8-6-20)31-17-19-9-13-26-14-10-19/h2-16H,17H2,1H3. The molecule has 0 aliphatic carbocycles. The van der Waals surface area contributed by atoms with Crippen LogP contribution in [0.5, 0.6) is 11.5 Å². The number of ether oxygens (including phenoxy) is 2. The number of aromatic nitrogens is 2. The summed E-state index contributed by atoms with van der Waals surface area (Å²) in [6.45, 7) is 2.28. The van der Waals surface area contributed by atoms with Crippen molar-refractivity contribution in [3.8, 4) is 11.5 Å². The lowest BCUT2D eigenvalue weighted by atomic mass is 10.1. The molecule has 0 saturated heterocycles. The number of esters is 1. The minimum atomic E-state index is -0.457. The van der Waals surface area contributed by atoms with Gasteiger partial charge in [0.2, 0.25) is 0 Å². The monoisotopic (exact) mass is 424 g/mol. The van der Waals surface area contributed by atoms with Gasteiger partial charge < -0.3 is 9.47 Å². The van der Waals surface area contributed by atoms with Gasteiger partial charge in [0.1, 0.15) is 18.1 Å². The predicted molar refractivity (Wildman–Crippen MR) is 120 cm³/mol. The summed E-state index contributed by atoms with van der Waals surface area (Å²) in [7, 11) is 0. The number of azo groups is 1. The van der Waals surface area contributed by atoms with Gasteiger partial charge in [-0.25, -0.2) is 4.79 Å². The normalized spacial score (nSPS) is 10.8. The van der Waals surface area contributed by atoms with Crippen LogP contribution < -0.4 is 9.47 Å². The Morgan fingerprint density at radius 3 is 2.22 bits per heavy atom. The van der Waals surface area contributed by atoms with Crippen LogP contribution in [-0.4, -0.2) is 15.9 Å². The third-order valence-corrected chi connectivity index (χ3v) is 4.65. The van der Waals surface area contributed by atoms with E-state index in [1.165, 1.54) is 0 Å². The second-order valence-electron chi connectivity index (χ2n) is 6.86. The third kappa shape index (κ3) is 5.40. The zero-order valence-electron chi connectivity index (χ0n) is 17.4. The van der Waals surface area contributed by atoms with Crippen LogP contribution in [0, 0.1) is 6.92 Å². The molecule has 0 spiro atoms. The van der Waals surface area contributed by atoms with E-state index in [0.29, 0.717) is 34.9 Å². The molecule has 4 rings (SSSR count). The summed E-state index contributed by atoms with van der Waals surface area (Å²) in [5, 5.41) is 8.59. The van der Waals surface area contributed by atoms with Crippen molar-refractivity contribution in [2.75, 3.05) is 0 Å². The Kier molecular flexibility index (Phi) is 6.57. The van der Waals surface area contributed by atoms with E-state index in [1.807, 2.05) is 43.3 Å². The summed E-state index contributed by atoms with van der Waals surface area (Å²) < 4.78 is 11.2. The lowest BCUT2D eigenvalue weighted by molar-refractivity contribution is 0.0734. The van der Waals surface area contributed by atoms with Crippen LogP contribution in [0.1, 0.15) is 21.5 Å². The first kappa shape index (κ1) is 20.9. The SMILES string of the molecule is Cc1c(N=Nc2ccc(OCc3ccncc3)cc2)cccc1C(=O)Oc1ccncc1. The second-order valence-corrected chi connectivity index (χ2v) is 6.86. The number of pyridine rings is 2. The fraction of sp³-hybridized carbons (Fsp3) is 0.0800. The molecule has 0 fully saturated rings. The van der Waals surface area contributed by atoms with Crippen molar-refractivity contribution in [1.29, 1.82) is 0 Å². The Hall–Kier alpha value is -4.39. The van der Waals surface area contributed by atoms with E-state index in [4.69, 9.17) is 9.47 Å². The Morgan fingerprint density at radius 1 is 0.812 bits per heavy atom. The van der Waals surface area contributed by atoms with Gasteiger partial charge in [-0.15, -0.1) is 0 Å². The van der Waals surface area contributed by atoms with E-state index >= 15 is 0 Å². The van der Waals surface area contributed by atoms with Gasteiger partial charge in [0.25, 0.3) is 0 Å². The molecule has 4 aromatic rings. The number of hydrogen-bond donors (Lipinski definition) is 0. The van der Waals surface area contributed by atoms with E-state index in [0.717, 1.165) is 11.3 Å². The van der Waals surface area contributed by atoms with E-state index in [-0.39, 0.29) is 0 Å². The smallest absolute Gasteiger partial charge is 0.343 e. The van der Waals surface area contributed by atoms with Crippen molar-refractivity contribution < 1.29 is 14.3 Å². The molecule has 2 aromatic heterocycles. The number of benzene rings is 2. The van der Waals surface area contributed by atoms with E-state index in [2.05, 4.69) is 20.2 Å². The Labute approximate surface area is 185 Å². The number of carbonyl (C=O) groups is 1. The second kappa shape index (κ2) is 10.1. The van der Waals surface area contributed by atoms with E-state index < -0.39 is 5.97 Å². The zero-order valence-corrected chi connectivity index (χ0v) is 17.4. The Balaban J connectivity index is 1.41. The first-order chi connectivity index (χ1) is 15.7. The molecule has 0 atom stereocenters. The molecule has 0 unspecified atom stereocenters. The molecular weight excluding hydrogens is 404 g/mol. The van der Waals surface area contributed by atoms with Crippen LogP contribution in [-0.2, 0) is 6.61 Å². The van der Waals surface area contributed by atoms with Gasteiger partial charge in [0, 0.05) is 24.8 Å². The van der Waals surface area contributed by atoms with Crippen LogP contribution in [0.2, 0.25) is 0 Å². The van der Waals surface area contributed by atoms with Gasteiger partial charge in [-0.05, 0) is 78.7 Å². The van der Waals surface area contributed by atoms with Crippen molar-refractivity contribution in [1.82, 2.24) is 9.97 Å². The highest BCUT2D eigenvalue weighted by molar-refractivity contribution is 5.93. The average molecular weight is 424 g/mol. The molecule has 0 aliphatic heterocycles. The van der Waals surface area contributed by atoms with Gasteiger partial charge in [-0.3, -0.25) is 9.97 Å². The maximum Gasteiger partial charge on any atom is 0.343 e. The highest BCUT2D eigenvalue weighted by Gasteiger charge is 2.14. The lowest BCUT2D eigenvalue weighted by Crippen LogP contribution is -2.10. The highest BCUT2D eigenvalue weighted by Crippen LogP contribution is 2.26. The zero-order chi connectivity index (χ0) is 22.2. The number of nitrogens with zero attached hydrogens (tertiary/aromatic N) is 4. The molecule has 0 bridgehead atoms. The van der Waals surface area contributed by atoms with Gasteiger partial charge in [-0.2, -0.15) is 10.2 Å². The first-order valence-corrected chi connectivity index (χ1v) is 9.94. The largest absolute Gasteiger partial charge is 0.489 e. The van der Waals surface area contributed by atoms with E-state index in [9.17, 15) is 4.79 Å². The molecule has 7 nitrogen and oxygen atoms in total. The maximum absolute atomic E-state index is 12.5. The van der Waals surface area contributed by atoms with Crippen molar-refractivity contribution >= 4 is 17.3 Å². The minimum absolute atomic E-state index is 0.429. The summed E-state index contributed by atoms with van der Waals surface area (Å²) >= 11 is 0. The predicted octanol–water partition coefficient (Wildman–Crippen LogP) is 6.00. The van der Waals surface area contributed by atoms with Gasteiger partial charge in [-0.1, -0.05) is 6.07 Å². The van der Waals surface area contributed by atoms with Crippen LogP contribution in [0.3, 0.4) is 0 Å². The summed E-state index contributed by atoms with van der Waals surface area (Å²) in [5.74, 6) is 0.710. The molecule has 158 valence electrons. The van der Waals surface area contributed by atoms with Crippen LogP contribution >= 0.6 is 0 Å². The van der Waals surface area contributed by atoms with Crippen molar-refractivity contribution in [2.45, 2.75) is 13.5 Å². The molecule has 2 heterocycles. The maximum atomic E-state index is 12.5. The quantitative estimate of drug-likeness (QED) is 0.268. The molecule has 0 N–H and O–H groups in total. The number of carbonyl (C=O) groups excluding carboxylic acids is 1. The van der Waals surface area contributed by atoms with Gasteiger partial charge in [0.15, 0.2) is 0 Å². The fourth-order valence-corrected chi connectivity index (χ4v) is 2.89. The van der Waals surface area contributed by atoms with Crippen molar-refractivity contribution in [2.24, 2.45) is 10.2 Å². The molecule has 0 amide bonds. The molecule has 0 radical (unpaired) electrons. The topological polar surface area (TPSA) is 86.0 Å². The Morgan fingerprint density at radius 2 is 1.50 bits per heavy atom. The fourth-order valence-electron chi connectivity index (χ4n) is 2.89. The van der Waals surface area contributed by atoms with Gasteiger partial charge >= 0.3 is 5.97 Å². The summed E-state index contributed by atoms with van der Waals surface area (Å²) in [5.41, 5.74) is 3.42. The molecule has 7 heteroatoms. The van der Waals surface area contributed by atoms with Crippen LogP contribution in [0.4, 0.5) is 11.4 Å². The van der Waals surface area contributed by atoms with Crippen LogP contribution in [0.15, 0.2) is 102 Å². The first-order valence-electron chi connectivity index (χ1n) is 9.94. The summed E-state index contributed by atoms with van der Waals surface area (Å²) in [6, 6.07) is 19.6. The molecular formula is C25H20N4O3. The van der Waals surface area contributed by atoms with Crippen molar-refractivity contribution in [3.63, 3.8) is 0 Å². The number of hydrogen-bond acceptors (Lipinski definition) is 7. The van der Waals surface area contributed by atoms with Crippen molar-refractivity contribution in [3.05, 3.63) is 108 Å². The summed E-state index contributed by atoms with van der Waals surface area (Å²) in [6.07, 6.45) is 6.60. The minimum Gasteiger partial charge on any atom is -0.489 e.